The van der Waals surface area contributed by atoms with Crippen molar-refractivity contribution in [2.24, 2.45) is 0 Å². The number of anilines is 1. The van der Waals surface area contributed by atoms with Crippen LogP contribution >= 0.6 is 11.6 Å². The van der Waals surface area contributed by atoms with Crippen molar-refractivity contribution in [2.75, 3.05) is 19.0 Å². The van der Waals surface area contributed by atoms with Crippen LogP contribution in [0, 0.1) is 0 Å². The molecular formula is C21H25ClN2O4. The summed E-state index contributed by atoms with van der Waals surface area (Å²) >= 11 is 5.82. The number of nitrogens with zero attached hydrogens (tertiary/aromatic N) is 1. The molecule has 0 atom stereocenters. The molecule has 0 fully saturated rings. The SMILES string of the molecule is CN(Cc1cccc(NC(=O)COc2ccc(Cl)cc2)c1)C(=O)OC(C)(C)C. The molecular weight excluding hydrogens is 380 g/mol. The Morgan fingerprint density at radius 3 is 2.43 bits per heavy atom. The molecule has 2 aromatic rings. The minimum atomic E-state index is -0.550. The van der Waals surface area contributed by atoms with Crippen molar-refractivity contribution < 1.29 is 19.1 Å². The fourth-order valence-electron chi connectivity index (χ4n) is 2.30. The minimum Gasteiger partial charge on any atom is -0.484 e. The highest BCUT2D eigenvalue weighted by Crippen LogP contribution is 2.17. The maximum Gasteiger partial charge on any atom is 0.410 e. The molecule has 0 heterocycles. The predicted molar refractivity (Wildman–Crippen MR) is 110 cm³/mol. The summed E-state index contributed by atoms with van der Waals surface area (Å²) in [7, 11) is 1.67. The van der Waals surface area contributed by atoms with Gasteiger partial charge in [0.1, 0.15) is 11.4 Å². The first kappa shape index (κ1) is 21.6. The van der Waals surface area contributed by atoms with Gasteiger partial charge in [-0.2, -0.15) is 0 Å². The van der Waals surface area contributed by atoms with Crippen molar-refractivity contribution in [3.8, 4) is 5.75 Å². The third kappa shape index (κ3) is 7.48. The molecule has 7 heteroatoms. The molecule has 6 nitrogen and oxygen atoms in total. The highest BCUT2D eigenvalue weighted by Gasteiger charge is 2.19. The Labute approximate surface area is 170 Å². The first-order chi connectivity index (χ1) is 13.1. The predicted octanol–water partition coefficient (Wildman–Crippen LogP) is 4.72. The number of ether oxygens (including phenoxy) is 2. The molecule has 2 rings (SSSR count). The van der Waals surface area contributed by atoms with Crippen molar-refractivity contribution in [2.45, 2.75) is 32.9 Å². The van der Waals surface area contributed by atoms with Gasteiger partial charge in [-0.25, -0.2) is 4.79 Å². The Bertz CT molecular complexity index is 816. The highest BCUT2D eigenvalue weighted by atomic mass is 35.5. The lowest BCUT2D eigenvalue weighted by Crippen LogP contribution is -2.33. The highest BCUT2D eigenvalue weighted by molar-refractivity contribution is 6.30. The van der Waals surface area contributed by atoms with Crippen molar-refractivity contribution in [3.05, 3.63) is 59.1 Å². The molecule has 0 spiro atoms. The zero-order chi connectivity index (χ0) is 20.7. The van der Waals surface area contributed by atoms with E-state index in [4.69, 9.17) is 21.1 Å². The molecule has 0 unspecified atom stereocenters. The van der Waals surface area contributed by atoms with Gasteiger partial charge in [0.2, 0.25) is 0 Å². The molecule has 0 aliphatic heterocycles. The van der Waals surface area contributed by atoms with Gasteiger partial charge in [0.15, 0.2) is 6.61 Å². The maximum atomic E-state index is 12.1. The summed E-state index contributed by atoms with van der Waals surface area (Å²) in [5.74, 6) is 0.278. The quantitative estimate of drug-likeness (QED) is 0.756. The normalized spacial score (nSPS) is 10.9. The summed E-state index contributed by atoms with van der Waals surface area (Å²) in [5, 5.41) is 3.38. The number of hydrogen-bond donors (Lipinski definition) is 1. The minimum absolute atomic E-state index is 0.121. The van der Waals surface area contributed by atoms with E-state index in [0.29, 0.717) is 23.0 Å². The van der Waals surface area contributed by atoms with Crippen LogP contribution in [0.1, 0.15) is 26.3 Å². The number of hydrogen-bond acceptors (Lipinski definition) is 4. The number of halogens is 1. The average molecular weight is 405 g/mol. The molecule has 1 N–H and O–H groups in total. The van der Waals surface area contributed by atoms with Crippen LogP contribution in [-0.2, 0) is 16.1 Å². The summed E-state index contributed by atoms with van der Waals surface area (Å²) in [4.78, 5) is 25.7. The first-order valence-electron chi connectivity index (χ1n) is 8.84. The molecule has 2 aromatic carbocycles. The van der Waals surface area contributed by atoms with Crippen molar-refractivity contribution >= 4 is 29.3 Å². The molecule has 0 bridgehead atoms. The van der Waals surface area contributed by atoms with Crippen LogP contribution in [0.5, 0.6) is 5.75 Å². The Kier molecular flexibility index (Phi) is 7.29. The molecule has 0 aliphatic rings. The van der Waals surface area contributed by atoms with Gasteiger partial charge in [0.25, 0.3) is 5.91 Å². The zero-order valence-electron chi connectivity index (χ0n) is 16.5. The summed E-state index contributed by atoms with van der Waals surface area (Å²) in [5.41, 5.74) is 0.940. The third-order valence-electron chi connectivity index (χ3n) is 3.52. The third-order valence-corrected chi connectivity index (χ3v) is 3.77. The summed E-state index contributed by atoms with van der Waals surface area (Å²) in [6, 6.07) is 14.1. The lowest BCUT2D eigenvalue weighted by Gasteiger charge is -2.24. The number of amides is 2. The Morgan fingerprint density at radius 1 is 1.11 bits per heavy atom. The van der Waals surface area contributed by atoms with E-state index < -0.39 is 11.7 Å². The second-order valence-corrected chi connectivity index (χ2v) is 7.76. The van der Waals surface area contributed by atoms with E-state index in [1.807, 2.05) is 32.9 Å². The molecule has 28 heavy (non-hydrogen) atoms. The number of carbonyl (C=O) groups excluding carboxylic acids is 2. The topological polar surface area (TPSA) is 67.9 Å². The van der Waals surface area contributed by atoms with E-state index >= 15 is 0 Å². The van der Waals surface area contributed by atoms with Gasteiger partial charge < -0.3 is 19.7 Å². The lowest BCUT2D eigenvalue weighted by atomic mass is 10.2. The molecule has 0 aliphatic carbocycles. The van der Waals surface area contributed by atoms with Crippen LogP contribution in [0.3, 0.4) is 0 Å². The van der Waals surface area contributed by atoms with Crippen LogP contribution in [0.4, 0.5) is 10.5 Å². The monoisotopic (exact) mass is 404 g/mol. The van der Waals surface area contributed by atoms with Gasteiger partial charge in [-0.05, 0) is 62.7 Å². The van der Waals surface area contributed by atoms with Crippen molar-refractivity contribution in [1.82, 2.24) is 4.90 Å². The van der Waals surface area contributed by atoms with E-state index in [-0.39, 0.29) is 12.5 Å². The number of rotatable bonds is 6. The van der Waals surface area contributed by atoms with Gasteiger partial charge in [0, 0.05) is 24.3 Å². The molecule has 2 amide bonds. The Hall–Kier alpha value is -2.73. The van der Waals surface area contributed by atoms with Crippen LogP contribution in [0.25, 0.3) is 0 Å². The Morgan fingerprint density at radius 2 is 1.79 bits per heavy atom. The lowest BCUT2D eigenvalue weighted by molar-refractivity contribution is -0.118. The van der Waals surface area contributed by atoms with E-state index in [2.05, 4.69) is 5.32 Å². The summed E-state index contributed by atoms with van der Waals surface area (Å²) in [6.45, 7) is 5.70. The number of nitrogens with one attached hydrogen (secondary N) is 1. The summed E-state index contributed by atoms with van der Waals surface area (Å²) in [6.07, 6.45) is -0.404. The molecule has 0 aromatic heterocycles. The van der Waals surface area contributed by atoms with E-state index in [9.17, 15) is 9.59 Å². The van der Waals surface area contributed by atoms with Gasteiger partial charge in [0.05, 0.1) is 0 Å². The second kappa shape index (κ2) is 9.46. The van der Waals surface area contributed by atoms with E-state index in [1.165, 1.54) is 4.90 Å². The number of benzene rings is 2. The van der Waals surface area contributed by atoms with Crippen LogP contribution in [-0.4, -0.2) is 36.2 Å². The zero-order valence-corrected chi connectivity index (χ0v) is 17.2. The fraction of sp³-hybridized carbons (Fsp3) is 0.333. The summed E-state index contributed by atoms with van der Waals surface area (Å²) < 4.78 is 10.8. The van der Waals surface area contributed by atoms with Gasteiger partial charge >= 0.3 is 6.09 Å². The van der Waals surface area contributed by atoms with E-state index in [1.54, 1.807) is 43.4 Å². The van der Waals surface area contributed by atoms with Crippen LogP contribution < -0.4 is 10.1 Å². The molecule has 0 saturated carbocycles. The number of carbonyl (C=O) groups is 2. The van der Waals surface area contributed by atoms with Crippen molar-refractivity contribution in [1.29, 1.82) is 0 Å². The van der Waals surface area contributed by atoms with Crippen molar-refractivity contribution in [3.63, 3.8) is 0 Å². The smallest absolute Gasteiger partial charge is 0.410 e. The van der Waals surface area contributed by atoms with Gasteiger partial charge in [-0.15, -0.1) is 0 Å². The van der Waals surface area contributed by atoms with Crippen LogP contribution in [0.15, 0.2) is 48.5 Å². The molecule has 0 radical (unpaired) electrons. The molecule has 0 saturated heterocycles. The maximum absolute atomic E-state index is 12.1. The van der Waals surface area contributed by atoms with Gasteiger partial charge in [-0.3, -0.25) is 4.79 Å². The van der Waals surface area contributed by atoms with Gasteiger partial charge in [-0.1, -0.05) is 23.7 Å². The molecule has 150 valence electrons. The largest absolute Gasteiger partial charge is 0.484 e. The second-order valence-electron chi connectivity index (χ2n) is 7.33. The average Bonchev–Trinajstić information content (AvgIpc) is 2.60. The van der Waals surface area contributed by atoms with E-state index in [0.717, 1.165) is 5.56 Å². The first-order valence-corrected chi connectivity index (χ1v) is 9.21. The fourth-order valence-corrected chi connectivity index (χ4v) is 2.43. The standard InChI is InChI=1S/C21H25ClN2O4/c1-21(2,3)28-20(26)24(4)13-15-6-5-7-17(12-15)23-19(25)14-27-18-10-8-16(22)9-11-18/h5-12H,13-14H2,1-4H3,(H,23,25). The van der Waals surface area contributed by atoms with Crippen LogP contribution in [0.2, 0.25) is 5.02 Å². The Balaban J connectivity index is 1.88.